The predicted octanol–water partition coefficient (Wildman–Crippen LogP) is 10.3. The zero-order valence-electron chi connectivity index (χ0n) is 47.5. The molecule has 0 spiro atoms. The number of thioether (sulfide) groups is 8. The molecule has 0 bridgehead atoms. The maximum Gasteiger partial charge on any atom is 0.0528 e. The molecule has 1 atom stereocenters. The van der Waals surface area contributed by atoms with Crippen molar-refractivity contribution in [3.05, 3.63) is 42.5 Å². The highest BCUT2D eigenvalue weighted by atomic mass is 32.2. The molecule has 414 valence electrons. The molecule has 2 fully saturated rings. The van der Waals surface area contributed by atoms with Crippen LogP contribution in [-0.2, 0) is 0 Å². The summed E-state index contributed by atoms with van der Waals surface area (Å²) >= 11 is 50.6. The van der Waals surface area contributed by atoms with E-state index in [9.17, 15) is 0 Å². The van der Waals surface area contributed by atoms with Crippen molar-refractivity contribution in [3.8, 4) is 0 Å². The van der Waals surface area contributed by atoms with E-state index in [2.05, 4.69) is 74.1 Å². The van der Waals surface area contributed by atoms with Crippen LogP contribution in [-0.4, -0.2) is 154 Å². The van der Waals surface area contributed by atoms with Crippen molar-refractivity contribution >= 4 is 296 Å². The number of thiocarbonyl (C=S) groups is 7. The van der Waals surface area contributed by atoms with Crippen LogP contribution in [0, 0.1) is 29.1 Å². The van der Waals surface area contributed by atoms with Gasteiger partial charge in [0.1, 0.15) is 0 Å². The molecule has 0 N–H and O–H groups in total. The molecule has 1 aromatic carbocycles. The van der Waals surface area contributed by atoms with Crippen LogP contribution in [0.4, 0.5) is 0 Å². The molecule has 0 aromatic heterocycles. The minimum atomic E-state index is 0.227. The molecule has 1 unspecified atom stereocenters. The fourth-order valence-corrected chi connectivity index (χ4v) is 26.1. The lowest BCUT2D eigenvalue weighted by atomic mass is 9.91. The van der Waals surface area contributed by atoms with Gasteiger partial charge in [-0.15, -0.1) is 94.1 Å². The van der Waals surface area contributed by atoms with Gasteiger partial charge in [0, 0.05) is 112 Å². The lowest BCUT2D eigenvalue weighted by Gasteiger charge is -2.21. The minimum absolute atomic E-state index is 0.227. The lowest BCUT2D eigenvalue weighted by Crippen LogP contribution is -2.14. The van der Waals surface area contributed by atoms with Crippen LogP contribution in [0.2, 0.25) is 0 Å². The maximum absolute atomic E-state index is 5.36. The van der Waals surface area contributed by atoms with Crippen molar-refractivity contribution in [2.24, 2.45) is 29.1 Å². The minimum Gasteiger partial charge on any atom is -0.130 e. The summed E-state index contributed by atoms with van der Waals surface area (Å²) in [6, 6.07) is 10.3. The van der Waals surface area contributed by atoms with Crippen LogP contribution in [0.25, 0.3) is 4.91 Å². The summed E-state index contributed by atoms with van der Waals surface area (Å²) in [6.07, 6.45) is 14.8. The second-order valence-corrected chi connectivity index (χ2v) is 46.7. The fourth-order valence-electron chi connectivity index (χ4n) is 5.48. The van der Waals surface area contributed by atoms with Gasteiger partial charge in [0.2, 0.25) is 0 Å². The van der Waals surface area contributed by atoms with Crippen LogP contribution in [0.5, 0.6) is 0 Å². The van der Waals surface area contributed by atoms with Gasteiger partial charge in [0.25, 0.3) is 0 Å². The summed E-state index contributed by atoms with van der Waals surface area (Å²) < 4.78 is 8.36. The number of hydrogen-bond acceptors (Lipinski definition) is 15. The number of hydrogen-bond donors (Lipinski definition) is 0. The molecule has 1 aromatic rings. The summed E-state index contributed by atoms with van der Waals surface area (Å²) in [7, 11) is 10.1. The van der Waals surface area contributed by atoms with Gasteiger partial charge >= 0.3 is 0 Å². The quantitative estimate of drug-likeness (QED) is 0.114. The maximum atomic E-state index is 5.36. The smallest absolute Gasteiger partial charge is 0.0528 e. The van der Waals surface area contributed by atoms with Crippen LogP contribution >= 0.6 is 180 Å². The SMILES string of the molecule is C=C(SC[SiH3])c1ccccc1.CC(=S)SC[SiH3].CC(C)(C)C(=S)SC[SiH3].CC(C)C(=S)SC[SiH3].CCC(=S)SC[SiH3].CCC(C)C(=S)SC[SiH3].[SiH3]CSC(=S)C1CCCC1.[SiH3]CSC(=S)C1CCCCC1. The highest BCUT2D eigenvalue weighted by molar-refractivity contribution is 8.25. The topological polar surface area (TPSA) is 0 Å². The average Bonchev–Trinajstić information content (AvgIpc) is 3.89. The summed E-state index contributed by atoms with van der Waals surface area (Å²) in [6.45, 7) is 23.2. The third kappa shape index (κ3) is 58.6. The Bertz CT molecular complexity index is 1520. The molecule has 2 aliphatic rings. The third-order valence-electron chi connectivity index (χ3n) is 9.50. The molecule has 0 amide bonds. The Kier molecular flexibility index (Phi) is 71.2. The van der Waals surface area contributed by atoms with Crippen LogP contribution in [0.3, 0.4) is 0 Å². The van der Waals surface area contributed by atoms with E-state index in [1.807, 2.05) is 107 Å². The molecule has 0 saturated heterocycles. The molecular weight excluding hydrogens is 1280 g/mol. The van der Waals surface area contributed by atoms with Crippen LogP contribution in [0.1, 0.15) is 139 Å². The van der Waals surface area contributed by atoms with Gasteiger partial charge in [-0.25, -0.2) is 0 Å². The van der Waals surface area contributed by atoms with Gasteiger partial charge < -0.3 is 0 Å². The van der Waals surface area contributed by atoms with Gasteiger partial charge in [-0.3, -0.25) is 0 Å². The molecule has 23 heteroatoms. The zero-order valence-corrected chi connectivity index (χ0v) is 75.7. The van der Waals surface area contributed by atoms with Gasteiger partial charge in [0.15, 0.2) is 0 Å². The van der Waals surface area contributed by atoms with Crippen LogP contribution in [0.15, 0.2) is 36.9 Å². The molecule has 0 aliphatic heterocycles. The summed E-state index contributed by atoms with van der Waals surface area (Å²) in [5.41, 5.74) is 1.48. The largest absolute Gasteiger partial charge is 0.130 e. The van der Waals surface area contributed by atoms with E-state index in [-0.39, 0.29) is 5.41 Å². The lowest BCUT2D eigenvalue weighted by molar-refractivity contribution is 0.446. The van der Waals surface area contributed by atoms with E-state index >= 15 is 0 Å². The third-order valence-corrected chi connectivity index (χ3v) is 28.8. The van der Waals surface area contributed by atoms with Crippen molar-refractivity contribution in [1.82, 2.24) is 0 Å². The van der Waals surface area contributed by atoms with Crippen molar-refractivity contribution < 1.29 is 0 Å². The second kappa shape index (κ2) is 60.2. The van der Waals surface area contributed by atoms with Crippen LogP contribution < -0.4 is 0 Å². The van der Waals surface area contributed by atoms with E-state index in [0.29, 0.717) is 11.8 Å². The molecule has 2 saturated carbocycles. The van der Waals surface area contributed by atoms with Gasteiger partial charge in [-0.05, 0) is 106 Å². The average molecular weight is 1380 g/mol. The number of rotatable bonds is 16. The van der Waals surface area contributed by atoms with Crippen molar-refractivity contribution in [3.63, 3.8) is 0 Å². The van der Waals surface area contributed by atoms with Gasteiger partial charge in [-0.1, -0.05) is 210 Å². The van der Waals surface area contributed by atoms with Gasteiger partial charge in [0.05, 0.1) is 21.0 Å². The highest BCUT2D eigenvalue weighted by Crippen LogP contribution is 2.30. The standard InChI is InChI=1S/C9H12SSi.C8H16S2Si.C7H14S2Si.2C6H14S2Si.C5H12S2Si.C4H10S2Si.C3H8S2Si/c1-8(10-7-11)9-5-3-2-4-6-9;9-8(10-6-11)7-4-2-1-3-5-7;8-7(9-5-10)6-3-1-2-4-6;1-6(2,3)5(7)8-4-9;1-3-5(2)6(7)8-4-9;1-4(2)5(6)7-3-8;1-2-4(5)6-3-7;1-3(4)5-2-6/h2-6H,1,7H2,11H3;7H,1-6H2,11H3;6H,1-5H2,10H3;4H2,1-3,9H3;5H,3-4H2,1-2,9H3;4H,3H2,1-2,8H3;2-3H2,1,7H3;2H2,1,6H3. The Morgan fingerprint density at radius 2 is 0.930 bits per heavy atom. The normalized spacial score (nSPS) is 13.5. The van der Waals surface area contributed by atoms with E-state index in [4.69, 9.17) is 85.5 Å². The van der Waals surface area contributed by atoms with Crippen molar-refractivity contribution in [2.45, 2.75) is 133 Å². The molecule has 0 heterocycles. The van der Waals surface area contributed by atoms with E-state index in [1.54, 1.807) is 11.8 Å². The monoisotopic (exact) mass is 1380 g/mol. The van der Waals surface area contributed by atoms with E-state index in [1.165, 1.54) is 216 Å². The molecule has 71 heavy (non-hydrogen) atoms. The first-order valence-electron chi connectivity index (χ1n) is 26.0. The summed E-state index contributed by atoms with van der Waals surface area (Å²) in [5, 5.41) is 10.0. The first-order valence-corrected chi connectivity index (χ1v) is 48.0. The molecule has 0 nitrogen and oxygen atoms in total. The Morgan fingerprint density at radius 1 is 0.549 bits per heavy atom. The van der Waals surface area contributed by atoms with Gasteiger partial charge in [-0.2, -0.15) is 0 Å². The van der Waals surface area contributed by atoms with Crippen molar-refractivity contribution in [1.29, 1.82) is 0 Å². The molecule has 0 radical (unpaired) electrons. The predicted molar refractivity (Wildman–Crippen MR) is 421 cm³/mol. The van der Waals surface area contributed by atoms with Crippen molar-refractivity contribution in [2.75, 3.05) is 43.0 Å². The highest BCUT2D eigenvalue weighted by Gasteiger charge is 2.19. The fraction of sp³-hybridized carbons (Fsp3) is 0.688. The molecule has 3 rings (SSSR count). The summed E-state index contributed by atoms with van der Waals surface area (Å²) in [5.74, 6) is 2.81. The first-order chi connectivity index (χ1) is 33.5. The molecule has 2 aliphatic carbocycles. The Morgan fingerprint density at radius 3 is 1.20 bits per heavy atom. The Balaban J connectivity index is -0.000000235. The second-order valence-electron chi connectivity index (χ2n) is 17.1. The summed E-state index contributed by atoms with van der Waals surface area (Å²) in [4.78, 5) is 1.20. The molecular formula is C48H100S15Si8. The first kappa shape index (κ1) is 83.9. The Labute approximate surface area is 536 Å². The number of benzene rings is 1. The van der Waals surface area contributed by atoms with E-state index in [0.717, 1.165) is 30.8 Å². The Hall–Kier alpha value is 4.13. The zero-order chi connectivity index (χ0) is 55.6. The van der Waals surface area contributed by atoms with E-state index < -0.39 is 0 Å².